The van der Waals surface area contributed by atoms with Crippen molar-refractivity contribution in [2.24, 2.45) is 0 Å². The van der Waals surface area contributed by atoms with Gasteiger partial charge in [-0.1, -0.05) is 97.1 Å². The Kier molecular flexibility index (Phi) is 7.57. The van der Waals surface area contributed by atoms with Gasteiger partial charge in [-0.3, -0.25) is 5.32 Å². The zero-order valence-electron chi connectivity index (χ0n) is 21.8. The molecule has 39 heavy (non-hydrogen) atoms. The van der Waals surface area contributed by atoms with Crippen LogP contribution in [0.25, 0.3) is 11.1 Å². The fourth-order valence-electron chi connectivity index (χ4n) is 5.44. The third kappa shape index (κ3) is 5.82. The highest BCUT2D eigenvalue weighted by Crippen LogP contribution is 2.40. The summed E-state index contributed by atoms with van der Waals surface area (Å²) in [5, 5.41) is 23.6. The van der Waals surface area contributed by atoms with Crippen molar-refractivity contribution < 1.29 is 19.7 Å². The van der Waals surface area contributed by atoms with Crippen LogP contribution in [0.2, 0.25) is 0 Å². The van der Waals surface area contributed by atoms with E-state index in [0.717, 1.165) is 23.1 Å². The quantitative estimate of drug-likeness (QED) is 0.215. The highest BCUT2D eigenvalue weighted by molar-refractivity contribution is 5.77. The lowest BCUT2D eigenvalue weighted by molar-refractivity contribution is -0.149. The van der Waals surface area contributed by atoms with Gasteiger partial charge in [0.2, 0.25) is 6.29 Å². The van der Waals surface area contributed by atoms with Gasteiger partial charge in [0.1, 0.15) is 5.76 Å². The van der Waals surface area contributed by atoms with Crippen LogP contribution in [0.3, 0.4) is 0 Å². The Morgan fingerprint density at radius 3 is 2.38 bits per heavy atom. The number of aliphatic hydroxyl groups is 2. The molecule has 1 heterocycles. The normalized spacial score (nSPS) is 18.6. The first-order valence-electron chi connectivity index (χ1n) is 13.5. The molecule has 0 saturated heterocycles. The second kappa shape index (κ2) is 11.6. The van der Waals surface area contributed by atoms with Gasteiger partial charge in [0, 0.05) is 18.9 Å². The number of nitrogens with one attached hydrogen (secondary N) is 1. The second-order valence-corrected chi connectivity index (χ2v) is 10.3. The van der Waals surface area contributed by atoms with Gasteiger partial charge in [-0.05, 0) is 57.0 Å². The summed E-state index contributed by atoms with van der Waals surface area (Å²) in [5.74, 6) is 0.518. The standard InChI is InChI=1S/C34H33NO4/c36-21-24-10-12-25(13-11-24)22-38-33-19-28(18-32(39-33)34(37)35-20-23-6-2-1-3-7-23)26-14-15-31-29(16-26)17-27-8-4-5-9-30(27)31/h1-16,18,28,33-37H,17,19-22H2/t28-,33+,34?/m0/s1. The molecular weight excluding hydrogens is 486 g/mol. The van der Waals surface area contributed by atoms with E-state index in [1.807, 2.05) is 60.7 Å². The molecule has 0 aromatic heterocycles. The Hall–Kier alpha value is -3.74. The van der Waals surface area contributed by atoms with Gasteiger partial charge in [-0.2, -0.15) is 0 Å². The molecule has 4 aromatic rings. The number of benzene rings is 4. The molecule has 5 heteroatoms. The van der Waals surface area contributed by atoms with Crippen LogP contribution in [0.4, 0.5) is 0 Å². The zero-order valence-corrected chi connectivity index (χ0v) is 21.8. The van der Waals surface area contributed by atoms with E-state index >= 15 is 0 Å². The van der Waals surface area contributed by atoms with Crippen LogP contribution in [0.5, 0.6) is 0 Å². The van der Waals surface area contributed by atoms with E-state index in [0.29, 0.717) is 25.3 Å². The summed E-state index contributed by atoms with van der Waals surface area (Å²) < 4.78 is 12.4. The third-order valence-corrected chi connectivity index (χ3v) is 7.58. The van der Waals surface area contributed by atoms with E-state index in [4.69, 9.17) is 9.47 Å². The van der Waals surface area contributed by atoms with Crippen molar-refractivity contribution in [2.75, 3.05) is 0 Å². The molecule has 0 spiro atoms. The number of hydrogen-bond acceptors (Lipinski definition) is 5. The first-order chi connectivity index (χ1) is 19.2. The summed E-state index contributed by atoms with van der Waals surface area (Å²) in [7, 11) is 0. The summed E-state index contributed by atoms with van der Waals surface area (Å²) in [6.45, 7) is 0.916. The minimum atomic E-state index is -0.957. The van der Waals surface area contributed by atoms with Crippen molar-refractivity contribution in [1.29, 1.82) is 0 Å². The molecule has 3 atom stereocenters. The van der Waals surface area contributed by atoms with Crippen molar-refractivity contribution in [3.8, 4) is 11.1 Å². The van der Waals surface area contributed by atoms with E-state index in [9.17, 15) is 10.2 Å². The number of hydrogen-bond donors (Lipinski definition) is 3. The maximum atomic E-state index is 11.1. The van der Waals surface area contributed by atoms with Crippen molar-refractivity contribution in [2.45, 2.75) is 51.0 Å². The van der Waals surface area contributed by atoms with Crippen LogP contribution in [-0.4, -0.2) is 22.7 Å². The summed E-state index contributed by atoms with van der Waals surface area (Å²) in [6, 6.07) is 33.0. The molecule has 1 aliphatic heterocycles. The van der Waals surface area contributed by atoms with Gasteiger partial charge in [0.15, 0.2) is 6.23 Å². The SMILES string of the molecule is OCc1ccc(CO[C@H]2C[C@@H](c3ccc4c(c3)Cc3ccccc3-4)C=C(C(O)NCc3ccccc3)O2)cc1. The molecule has 4 aromatic carbocycles. The minimum absolute atomic E-state index is 0.0163. The van der Waals surface area contributed by atoms with Crippen LogP contribution in [0.15, 0.2) is 109 Å². The van der Waals surface area contributed by atoms with Crippen molar-refractivity contribution in [3.63, 3.8) is 0 Å². The smallest absolute Gasteiger partial charge is 0.200 e. The summed E-state index contributed by atoms with van der Waals surface area (Å²) >= 11 is 0. The number of fused-ring (bicyclic) bond motifs is 3. The van der Waals surface area contributed by atoms with Crippen molar-refractivity contribution in [3.05, 3.63) is 142 Å². The zero-order chi connectivity index (χ0) is 26.6. The maximum Gasteiger partial charge on any atom is 0.200 e. The predicted molar refractivity (Wildman–Crippen MR) is 151 cm³/mol. The lowest BCUT2D eigenvalue weighted by Gasteiger charge is -2.32. The van der Waals surface area contributed by atoms with Crippen LogP contribution in [0.1, 0.15) is 45.7 Å². The van der Waals surface area contributed by atoms with Gasteiger partial charge < -0.3 is 19.7 Å². The molecule has 6 rings (SSSR count). The Morgan fingerprint density at radius 2 is 1.56 bits per heavy atom. The van der Waals surface area contributed by atoms with Crippen LogP contribution < -0.4 is 5.32 Å². The molecule has 0 amide bonds. The largest absolute Gasteiger partial charge is 0.465 e. The van der Waals surface area contributed by atoms with E-state index in [1.54, 1.807) is 0 Å². The monoisotopic (exact) mass is 519 g/mol. The second-order valence-electron chi connectivity index (χ2n) is 10.3. The molecule has 2 aliphatic rings. The molecule has 0 saturated carbocycles. The Bertz CT molecular complexity index is 1450. The highest BCUT2D eigenvalue weighted by atomic mass is 16.7. The molecule has 198 valence electrons. The van der Waals surface area contributed by atoms with E-state index in [-0.39, 0.29) is 12.5 Å². The number of ether oxygens (including phenoxy) is 2. The fourth-order valence-corrected chi connectivity index (χ4v) is 5.44. The lowest BCUT2D eigenvalue weighted by atomic mass is 9.90. The molecule has 3 N–H and O–H groups in total. The summed E-state index contributed by atoms with van der Waals surface area (Å²) in [6.07, 6.45) is 2.15. The fraction of sp³-hybridized carbons (Fsp3) is 0.235. The van der Waals surface area contributed by atoms with Crippen molar-refractivity contribution >= 4 is 0 Å². The summed E-state index contributed by atoms with van der Waals surface area (Å²) in [4.78, 5) is 0. The minimum Gasteiger partial charge on any atom is -0.465 e. The molecule has 5 nitrogen and oxygen atoms in total. The van der Waals surface area contributed by atoms with Crippen LogP contribution >= 0.6 is 0 Å². The Labute approximate surface area is 229 Å². The average Bonchev–Trinajstić information content (AvgIpc) is 3.37. The van der Waals surface area contributed by atoms with Gasteiger partial charge in [0.05, 0.1) is 13.2 Å². The topological polar surface area (TPSA) is 71.0 Å². The van der Waals surface area contributed by atoms with Gasteiger partial charge in [-0.25, -0.2) is 0 Å². The Morgan fingerprint density at radius 1 is 0.821 bits per heavy atom. The lowest BCUT2D eigenvalue weighted by Crippen LogP contribution is -2.36. The van der Waals surface area contributed by atoms with E-state index in [1.165, 1.54) is 27.8 Å². The first kappa shape index (κ1) is 25.5. The predicted octanol–water partition coefficient (Wildman–Crippen LogP) is 5.79. The molecular formula is C34H33NO4. The maximum absolute atomic E-state index is 11.1. The molecule has 1 unspecified atom stereocenters. The highest BCUT2D eigenvalue weighted by Gasteiger charge is 2.30. The van der Waals surface area contributed by atoms with E-state index < -0.39 is 12.5 Å². The Balaban J connectivity index is 1.21. The van der Waals surface area contributed by atoms with Crippen LogP contribution in [0, 0.1) is 0 Å². The molecule has 1 aliphatic carbocycles. The first-order valence-corrected chi connectivity index (χ1v) is 13.5. The van der Waals surface area contributed by atoms with Gasteiger partial charge >= 0.3 is 0 Å². The molecule has 0 fully saturated rings. The molecule has 0 radical (unpaired) electrons. The number of allylic oxidation sites excluding steroid dienone is 1. The molecule has 0 bridgehead atoms. The van der Waals surface area contributed by atoms with Crippen molar-refractivity contribution in [1.82, 2.24) is 5.32 Å². The van der Waals surface area contributed by atoms with E-state index in [2.05, 4.69) is 47.8 Å². The van der Waals surface area contributed by atoms with Crippen LogP contribution in [-0.2, 0) is 35.7 Å². The summed E-state index contributed by atoms with van der Waals surface area (Å²) in [5.41, 5.74) is 9.46. The van der Waals surface area contributed by atoms with Gasteiger partial charge in [-0.15, -0.1) is 0 Å². The number of aliphatic hydroxyl groups excluding tert-OH is 2. The third-order valence-electron chi connectivity index (χ3n) is 7.58. The average molecular weight is 520 g/mol. The van der Waals surface area contributed by atoms with Gasteiger partial charge in [0.25, 0.3) is 0 Å². The number of rotatable bonds is 9.